The fraction of sp³-hybridized carbons (Fsp3) is 0.271. The van der Waals surface area contributed by atoms with Gasteiger partial charge in [0.2, 0.25) is 23.6 Å². The number of nitrogens with two attached hydrogens (primary N) is 1. The number of hydrogen-bond acceptors (Lipinski definition) is 16. The van der Waals surface area contributed by atoms with Gasteiger partial charge in [0.25, 0.3) is 24.1 Å². The fourth-order valence-electron chi connectivity index (χ4n) is 7.64. The number of aliphatic carboxylic acids is 1. The van der Waals surface area contributed by atoms with Gasteiger partial charge in [-0.05, 0) is 97.9 Å². The molecule has 2 aromatic carbocycles. The Bertz CT molecular complexity index is 2960. The average molecular weight is 987 g/mol. The molecule has 9 N–H and O–H groups in total. The number of hydrogen-bond donors (Lipinski definition) is 8. The summed E-state index contributed by atoms with van der Waals surface area (Å²) in [5.41, 5.74) is 11.5. The lowest BCUT2D eigenvalue weighted by Crippen LogP contribution is -2.35. The molecule has 1 aliphatic rings. The molecule has 6 heterocycles. The van der Waals surface area contributed by atoms with Crippen LogP contribution in [0.2, 0.25) is 5.02 Å². The van der Waals surface area contributed by atoms with E-state index >= 15 is 0 Å². The van der Waals surface area contributed by atoms with Gasteiger partial charge in [-0.1, -0.05) is 48.0 Å². The second-order valence-electron chi connectivity index (χ2n) is 16.2. The molecular weight excluding hydrogens is 936 g/mol. The molecule has 22 nitrogen and oxygen atoms in total. The number of aromatic nitrogens is 7. The lowest BCUT2D eigenvalue weighted by Gasteiger charge is -2.29. The number of piperidine rings is 1. The molecule has 1 aliphatic heterocycles. The Hall–Kier alpha value is -8.34. The van der Waals surface area contributed by atoms with E-state index in [0.29, 0.717) is 105 Å². The number of carbonyl (C=O) groups is 5. The Kier molecular flexibility index (Phi) is 17.3. The van der Waals surface area contributed by atoms with E-state index in [0.717, 1.165) is 22.3 Å². The Balaban J connectivity index is 0.00000241. The van der Waals surface area contributed by atoms with E-state index in [9.17, 15) is 24.3 Å². The van der Waals surface area contributed by atoms with E-state index in [2.05, 4.69) is 61.5 Å². The summed E-state index contributed by atoms with van der Waals surface area (Å²) in [7, 11) is 0. The number of carboxylic acids is 1. The third kappa shape index (κ3) is 13.5. The zero-order valence-electron chi connectivity index (χ0n) is 38.5. The van der Waals surface area contributed by atoms with Crippen LogP contribution in [-0.4, -0.2) is 113 Å². The third-order valence-electron chi connectivity index (χ3n) is 11.4. The summed E-state index contributed by atoms with van der Waals surface area (Å²) in [5.74, 6) is -0.462. The van der Waals surface area contributed by atoms with E-state index in [-0.39, 0.29) is 53.3 Å². The number of anilines is 4. The maximum absolute atomic E-state index is 13.3. The maximum Gasteiger partial charge on any atom is 0.306 e. The SMILES string of the molecule is Cc1c(NC(=O)c2ccc(CNCCNC(=O)CCCNc3nc(N)n4nc(-c5ccco5)nc4n3)cn2)cccc1-c1cccc(NC(=O)c2ccc(CN3CCC(C(=O)O)CC3)cn2)c1Cl.O=CO. The Morgan fingerprint density at radius 1 is 0.845 bits per heavy atom. The van der Waals surface area contributed by atoms with Crippen molar-refractivity contribution >= 4 is 70.8 Å². The number of likely N-dealkylation sites (tertiary alicyclic amines) is 1. The molecule has 0 radical (unpaired) electrons. The highest BCUT2D eigenvalue weighted by Gasteiger charge is 2.25. The van der Waals surface area contributed by atoms with Gasteiger partial charge in [0.15, 0.2) is 5.76 Å². The quantitative estimate of drug-likeness (QED) is 0.0372. The lowest BCUT2D eigenvalue weighted by atomic mass is 9.97. The second-order valence-corrected chi connectivity index (χ2v) is 16.6. The number of furan rings is 1. The highest BCUT2D eigenvalue weighted by molar-refractivity contribution is 6.36. The van der Waals surface area contributed by atoms with E-state index in [1.165, 1.54) is 10.8 Å². The lowest BCUT2D eigenvalue weighted by molar-refractivity contribution is -0.143. The minimum Gasteiger partial charge on any atom is -0.483 e. The van der Waals surface area contributed by atoms with Crippen LogP contribution in [0.3, 0.4) is 0 Å². The molecule has 368 valence electrons. The second kappa shape index (κ2) is 24.3. The Morgan fingerprint density at radius 3 is 2.18 bits per heavy atom. The van der Waals surface area contributed by atoms with Gasteiger partial charge in [-0.25, -0.2) is 0 Å². The molecule has 71 heavy (non-hydrogen) atoms. The van der Waals surface area contributed by atoms with Crippen LogP contribution < -0.4 is 32.3 Å². The van der Waals surface area contributed by atoms with Gasteiger partial charge in [0, 0.05) is 62.8 Å². The molecule has 8 rings (SSSR count). The molecule has 0 saturated carbocycles. The topological polar surface area (TPSA) is 310 Å². The van der Waals surface area contributed by atoms with Crippen molar-refractivity contribution in [1.82, 2.24) is 50.1 Å². The fourth-order valence-corrected chi connectivity index (χ4v) is 7.91. The van der Waals surface area contributed by atoms with Crippen LogP contribution >= 0.6 is 11.6 Å². The van der Waals surface area contributed by atoms with Crippen LogP contribution in [0.15, 0.2) is 95.9 Å². The summed E-state index contributed by atoms with van der Waals surface area (Å²) >= 11 is 6.90. The largest absolute Gasteiger partial charge is 0.483 e. The van der Waals surface area contributed by atoms with Gasteiger partial charge in [-0.2, -0.15) is 19.5 Å². The van der Waals surface area contributed by atoms with Gasteiger partial charge in [0.05, 0.1) is 22.9 Å². The van der Waals surface area contributed by atoms with E-state index in [1.807, 2.05) is 37.3 Å². The first-order chi connectivity index (χ1) is 34.4. The molecule has 0 unspecified atom stereocenters. The number of nitrogens with one attached hydrogen (secondary N) is 5. The number of rotatable bonds is 19. The molecule has 0 atom stereocenters. The molecule has 23 heteroatoms. The van der Waals surface area contributed by atoms with Gasteiger partial charge >= 0.3 is 5.97 Å². The van der Waals surface area contributed by atoms with Crippen molar-refractivity contribution in [2.24, 2.45) is 5.92 Å². The molecule has 5 aromatic heterocycles. The molecule has 3 amide bonds. The number of nitrogen functional groups attached to an aromatic ring is 1. The van der Waals surface area contributed by atoms with Crippen LogP contribution in [0.25, 0.3) is 28.5 Å². The number of halogens is 1. The van der Waals surface area contributed by atoms with Crippen molar-refractivity contribution in [2.75, 3.05) is 54.4 Å². The molecule has 7 aromatic rings. The van der Waals surface area contributed by atoms with Crippen LogP contribution in [0.4, 0.5) is 23.3 Å². The van der Waals surface area contributed by atoms with Gasteiger partial charge < -0.3 is 46.9 Å². The normalized spacial score (nSPS) is 12.6. The third-order valence-corrected chi connectivity index (χ3v) is 11.8. The zero-order valence-corrected chi connectivity index (χ0v) is 39.2. The summed E-state index contributed by atoms with van der Waals surface area (Å²) in [6.07, 6.45) is 6.88. The van der Waals surface area contributed by atoms with Crippen molar-refractivity contribution < 1.29 is 38.6 Å². The number of pyridine rings is 2. The van der Waals surface area contributed by atoms with Gasteiger partial charge in [0.1, 0.15) is 11.4 Å². The highest BCUT2D eigenvalue weighted by atomic mass is 35.5. The molecule has 0 aliphatic carbocycles. The van der Waals surface area contributed by atoms with Crippen molar-refractivity contribution in [3.63, 3.8) is 0 Å². The predicted octanol–water partition coefficient (Wildman–Crippen LogP) is 5.38. The number of fused-ring (bicyclic) bond motifs is 1. The van der Waals surface area contributed by atoms with Crippen molar-refractivity contribution in [3.05, 3.63) is 125 Å². The predicted molar refractivity (Wildman–Crippen MR) is 263 cm³/mol. The van der Waals surface area contributed by atoms with Crippen LogP contribution in [0, 0.1) is 12.8 Å². The number of carbonyl (C=O) groups excluding carboxylic acids is 3. The maximum atomic E-state index is 13.3. The van der Waals surface area contributed by atoms with Crippen LogP contribution in [0.5, 0.6) is 0 Å². The van der Waals surface area contributed by atoms with E-state index in [1.54, 1.807) is 54.9 Å². The Labute approximate surface area is 411 Å². The summed E-state index contributed by atoms with van der Waals surface area (Å²) in [5, 5.41) is 35.8. The Morgan fingerprint density at radius 2 is 1.52 bits per heavy atom. The molecule has 0 bridgehead atoms. The average Bonchev–Trinajstić information content (AvgIpc) is 4.07. The van der Waals surface area contributed by atoms with Crippen molar-refractivity contribution in [2.45, 2.75) is 45.7 Å². The van der Waals surface area contributed by atoms with E-state index < -0.39 is 11.9 Å². The van der Waals surface area contributed by atoms with Crippen LogP contribution in [-0.2, 0) is 27.5 Å². The zero-order chi connectivity index (χ0) is 50.3. The first kappa shape index (κ1) is 50.5. The standard InChI is InChI=1S/C47H49ClN14O6.CH2O2/c1-28-32(33-7-3-9-35(40(33)48)56-43(65)37-15-13-30(26-54-37)27-61-21-16-31(17-22-61)44(66)67)6-2-8-34(28)55-42(64)36-14-12-29(25-53-36)24-50-19-20-51-39(63)11-4-18-52-46-58-45(49)62-47(59-46)57-41(60-62)38-10-5-23-68-38;2-1-3/h2-3,5-10,12-15,23,25-26,31,50H,4,11,16-22,24,27H2,1H3,(H,51,63)(H,55,64)(H,56,65)(H,66,67)(H3,49,52,57,58,59,60);1H,(H,2,3). The summed E-state index contributed by atoms with van der Waals surface area (Å²) in [6.45, 7) is 5.52. The smallest absolute Gasteiger partial charge is 0.306 e. The summed E-state index contributed by atoms with van der Waals surface area (Å²) < 4.78 is 6.66. The molecule has 0 spiro atoms. The van der Waals surface area contributed by atoms with Gasteiger partial charge in [-0.15, -0.1) is 5.10 Å². The number of amides is 3. The highest BCUT2D eigenvalue weighted by Crippen LogP contribution is 2.37. The first-order valence-corrected chi connectivity index (χ1v) is 22.9. The minimum atomic E-state index is -0.745. The number of benzene rings is 2. The van der Waals surface area contributed by atoms with Crippen molar-refractivity contribution in [1.29, 1.82) is 0 Å². The minimum absolute atomic E-state index is 0.0922. The van der Waals surface area contributed by atoms with Crippen LogP contribution in [0.1, 0.15) is 63.4 Å². The van der Waals surface area contributed by atoms with Crippen molar-refractivity contribution in [3.8, 4) is 22.7 Å². The summed E-state index contributed by atoms with van der Waals surface area (Å²) in [6, 6.07) is 21.3. The van der Waals surface area contributed by atoms with E-state index in [4.69, 9.17) is 31.7 Å². The number of carboxylic acid groups (broad SMARTS) is 2. The summed E-state index contributed by atoms with van der Waals surface area (Å²) in [4.78, 5) is 82.5. The molecule has 1 fully saturated rings. The molecular formula is C48H51ClN14O8. The monoisotopic (exact) mass is 986 g/mol. The number of nitrogens with zero attached hydrogens (tertiary/aromatic N) is 8. The first-order valence-electron chi connectivity index (χ1n) is 22.5. The molecule has 1 saturated heterocycles. The van der Waals surface area contributed by atoms with Gasteiger partial charge in [-0.3, -0.25) is 38.8 Å².